The molecule has 1 N–H and O–H groups in total. The molecular formula is C15H21FN2O. The standard InChI is InChI=1S/C15H21FN2O/c16-13-3-1-12(2-4-13)10-17-14-5-6-18-7-8-19-11-15(18)9-14/h1-4,14-15,17H,5-11H2/t14-,15+/m0/s1. The number of benzene rings is 1. The lowest BCUT2D eigenvalue weighted by molar-refractivity contribution is -0.0298. The number of nitrogens with zero attached hydrogens (tertiary/aromatic N) is 1. The van der Waals surface area contributed by atoms with Gasteiger partial charge in [0, 0.05) is 31.7 Å². The van der Waals surface area contributed by atoms with Gasteiger partial charge in [0.05, 0.1) is 13.2 Å². The van der Waals surface area contributed by atoms with Crippen molar-refractivity contribution in [3.05, 3.63) is 35.6 Å². The van der Waals surface area contributed by atoms with E-state index in [2.05, 4.69) is 10.2 Å². The van der Waals surface area contributed by atoms with Crippen molar-refractivity contribution < 1.29 is 9.13 Å². The van der Waals surface area contributed by atoms with Gasteiger partial charge in [0.2, 0.25) is 0 Å². The van der Waals surface area contributed by atoms with Gasteiger partial charge in [-0.3, -0.25) is 4.90 Å². The van der Waals surface area contributed by atoms with E-state index in [-0.39, 0.29) is 5.82 Å². The van der Waals surface area contributed by atoms with E-state index >= 15 is 0 Å². The van der Waals surface area contributed by atoms with Gasteiger partial charge in [-0.1, -0.05) is 12.1 Å². The molecule has 1 aromatic rings. The minimum Gasteiger partial charge on any atom is -0.378 e. The second-order valence-corrected chi connectivity index (χ2v) is 5.49. The molecule has 0 spiro atoms. The van der Waals surface area contributed by atoms with Crippen molar-refractivity contribution in [1.29, 1.82) is 0 Å². The van der Waals surface area contributed by atoms with Gasteiger partial charge in [0.15, 0.2) is 0 Å². The monoisotopic (exact) mass is 264 g/mol. The van der Waals surface area contributed by atoms with E-state index in [0.717, 1.165) is 44.8 Å². The van der Waals surface area contributed by atoms with Crippen LogP contribution in [0.15, 0.2) is 24.3 Å². The fourth-order valence-electron chi connectivity index (χ4n) is 3.02. The highest BCUT2D eigenvalue weighted by atomic mass is 19.1. The normalized spacial score (nSPS) is 28.1. The van der Waals surface area contributed by atoms with Gasteiger partial charge in [0.1, 0.15) is 5.82 Å². The van der Waals surface area contributed by atoms with Gasteiger partial charge in [-0.05, 0) is 30.5 Å². The van der Waals surface area contributed by atoms with Crippen LogP contribution in [-0.4, -0.2) is 43.3 Å². The summed E-state index contributed by atoms with van der Waals surface area (Å²) in [4.78, 5) is 2.54. The van der Waals surface area contributed by atoms with E-state index in [1.165, 1.54) is 18.6 Å². The number of fused-ring (bicyclic) bond motifs is 1. The Kier molecular flexibility index (Phi) is 4.11. The summed E-state index contributed by atoms with van der Waals surface area (Å²) in [6.45, 7) is 4.81. The average molecular weight is 264 g/mol. The van der Waals surface area contributed by atoms with Gasteiger partial charge in [-0.15, -0.1) is 0 Å². The third-order valence-corrected chi connectivity index (χ3v) is 4.18. The smallest absolute Gasteiger partial charge is 0.123 e. The molecule has 4 heteroatoms. The first-order chi connectivity index (χ1) is 9.31. The van der Waals surface area contributed by atoms with Crippen molar-refractivity contribution in [2.45, 2.75) is 31.5 Å². The predicted octanol–water partition coefficient (Wildman–Crippen LogP) is 1.78. The zero-order chi connectivity index (χ0) is 13.1. The van der Waals surface area contributed by atoms with E-state index < -0.39 is 0 Å². The van der Waals surface area contributed by atoms with Gasteiger partial charge < -0.3 is 10.1 Å². The van der Waals surface area contributed by atoms with Crippen LogP contribution < -0.4 is 5.32 Å². The Bertz CT molecular complexity index is 409. The highest BCUT2D eigenvalue weighted by Crippen LogP contribution is 2.20. The summed E-state index contributed by atoms with van der Waals surface area (Å²) in [5.41, 5.74) is 1.14. The summed E-state index contributed by atoms with van der Waals surface area (Å²) in [6, 6.07) is 7.87. The number of rotatable bonds is 3. The third-order valence-electron chi connectivity index (χ3n) is 4.18. The molecular weight excluding hydrogens is 243 g/mol. The molecule has 1 aromatic carbocycles. The summed E-state index contributed by atoms with van der Waals surface area (Å²) in [5.74, 6) is -0.170. The van der Waals surface area contributed by atoms with Crippen molar-refractivity contribution in [2.24, 2.45) is 0 Å². The zero-order valence-corrected chi connectivity index (χ0v) is 11.1. The second-order valence-electron chi connectivity index (χ2n) is 5.49. The molecule has 3 nitrogen and oxygen atoms in total. The number of hydrogen-bond donors (Lipinski definition) is 1. The molecule has 19 heavy (non-hydrogen) atoms. The van der Waals surface area contributed by atoms with Gasteiger partial charge in [0.25, 0.3) is 0 Å². The molecule has 0 saturated carbocycles. The van der Waals surface area contributed by atoms with Crippen LogP contribution in [0.1, 0.15) is 18.4 Å². The van der Waals surface area contributed by atoms with Crippen molar-refractivity contribution >= 4 is 0 Å². The first kappa shape index (κ1) is 13.0. The fourth-order valence-corrected chi connectivity index (χ4v) is 3.02. The molecule has 2 saturated heterocycles. The molecule has 2 aliphatic rings. The van der Waals surface area contributed by atoms with Crippen LogP contribution in [0.4, 0.5) is 4.39 Å². The zero-order valence-electron chi connectivity index (χ0n) is 11.1. The predicted molar refractivity (Wildman–Crippen MR) is 72.4 cm³/mol. The van der Waals surface area contributed by atoms with E-state index in [1.54, 1.807) is 0 Å². The molecule has 0 radical (unpaired) electrons. The summed E-state index contributed by atoms with van der Waals surface area (Å²) < 4.78 is 18.4. The Morgan fingerprint density at radius 3 is 2.95 bits per heavy atom. The molecule has 0 aromatic heterocycles. The van der Waals surface area contributed by atoms with Crippen LogP contribution in [0.5, 0.6) is 0 Å². The topological polar surface area (TPSA) is 24.5 Å². The molecule has 0 bridgehead atoms. The van der Waals surface area contributed by atoms with Crippen LogP contribution in [0.3, 0.4) is 0 Å². The summed E-state index contributed by atoms with van der Waals surface area (Å²) in [5, 5.41) is 3.59. The maximum atomic E-state index is 12.8. The molecule has 0 amide bonds. The number of morpholine rings is 1. The largest absolute Gasteiger partial charge is 0.378 e. The number of nitrogens with one attached hydrogen (secondary N) is 1. The number of halogens is 1. The fraction of sp³-hybridized carbons (Fsp3) is 0.600. The van der Waals surface area contributed by atoms with Gasteiger partial charge >= 0.3 is 0 Å². The van der Waals surface area contributed by atoms with Crippen LogP contribution in [0.25, 0.3) is 0 Å². The SMILES string of the molecule is Fc1ccc(CN[C@H]2CCN3CCOC[C@H]3C2)cc1. The summed E-state index contributed by atoms with van der Waals surface area (Å²) in [6.07, 6.45) is 2.35. The molecule has 104 valence electrons. The van der Waals surface area contributed by atoms with Crippen LogP contribution in [0, 0.1) is 5.82 Å². The number of ether oxygens (including phenoxy) is 1. The molecule has 2 heterocycles. The molecule has 0 aliphatic carbocycles. The lowest BCUT2D eigenvalue weighted by Gasteiger charge is -2.42. The quantitative estimate of drug-likeness (QED) is 0.900. The summed E-state index contributed by atoms with van der Waals surface area (Å²) >= 11 is 0. The lowest BCUT2D eigenvalue weighted by atomic mass is 9.96. The molecule has 2 fully saturated rings. The first-order valence-electron chi connectivity index (χ1n) is 7.11. The Balaban J connectivity index is 1.49. The molecule has 2 atom stereocenters. The lowest BCUT2D eigenvalue weighted by Crippen LogP contribution is -2.53. The van der Waals surface area contributed by atoms with Crippen molar-refractivity contribution in [1.82, 2.24) is 10.2 Å². The Morgan fingerprint density at radius 1 is 1.26 bits per heavy atom. The van der Waals surface area contributed by atoms with Crippen LogP contribution in [0.2, 0.25) is 0 Å². The number of hydrogen-bond acceptors (Lipinski definition) is 3. The van der Waals surface area contributed by atoms with Crippen LogP contribution >= 0.6 is 0 Å². The number of piperidine rings is 1. The molecule has 0 unspecified atom stereocenters. The van der Waals surface area contributed by atoms with Crippen molar-refractivity contribution in [2.75, 3.05) is 26.3 Å². The highest BCUT2D eigenvalue weighted by molar-refractivity contribution is 5.15. The van der Waals surface area contributed by atoms with Crippen molar-refractivity contribution in [3.63, 3.8) is 0 Å². The average Bonchev–Trinajstić information content (AvgIpc) is 2.46. The van der Waals surface area contributed by atoms with E-state index in [9.17, 15) is 4.39 Å². The Hall–Kier alpha value is -0.970. The molecule has 3 rings (SSSR count). The third kappa shape index (κ3) is 3.32. The van der Waals surface area contributed by atoms with E-state index in [1.807, 2.05) is 12.1 Å². The Morgan fingerprint density at radius 2 is 2.11 bits per heavy atom. The van der Waals surface area contributed by atoms with Gasteiger partial charge in [-0.2, -0.15) is 0 Å². The Labute approximate surface area is 113 Å². The molecule has 2 aliphatic heterocycles. The highest BCUT2D eigenvalue weighted by Gasteiger charge is 2.30. The van der Waals surface area contributed by atoms with Gasteiger partial charge in [-0.25, -0.2) is 4.39 Å². The van der Waals surface area contributed by atoms with Crippen molar-refractivity contribution in [3.8, 4) is 0 Å². The van der Waals surface area contributed by atoms with E-state index in [4.69, 9.17) is 4.74 Å². The summed E-state index contributed by atoms with van der Waals surface area (Å²) in [7, 11) is 0. The maximum absolute atomic E-state index is 12.8. The second kappa shape index (κ2) is 5.99. The first-order valence-corrected chi connectivity index (χ1v) is 7.11. The van der Waals surface area contributed by atoms with Crippen LogP contribution in [-0.2, 0) is 11.3 Å². The maximum Gasteiger partial charge on any atom is 0.123 e. The van der Waals surface area contributed by atoms with E-state index in [0.29, 0.717) is 12.1 Å². The minimum atomic E-state index is -0.170. The minimum absolute atomic E-state index is 0.170.